The second-order valence-electron chi connectivity index (χ2n) is 4.20. The van der Waals surface area contributed by atoms with Crippen LogP contribution in [-0.2, 0) is 13.9 Å². The average Bonchev–Trinajstić information content (AvgIpc) is 2.39. The van der Waals surface area contributed by atoms with Crippen LogP contribution in [0.25, 0.3) is 0 Å². The van der Waals surface area contributed by atoms with Gasteiger partial charge in [0.2, 0.25) is 0 Å². The van der Waals surface area contributed by atoms with Gasteiger partial charge in [0, 0.05) is 5.75 Å². The second kappa shape index (κ2) is 7.70. The van der Waals surface area contributed by atoms with E-state index in [4.69, 9.17) is 4.52 Å². The fourth-order valence-electron chi connectivity index (χ4n) is 1.41. The summed E-state index contributed by atoms with van der Waals surface area (Å²) in [6, 6.07) is 6.01. The third-order valence-electron chi connectivity index (χ3n) is 2.43. The Morgan fingerprint density at radius 3 is 2.60 bits per heavy atom. The number of hydrogen-bond donors (Lipinski definition) is 0. The lowest BCUT2D eigenvalue weighted by Gasteiger charge is -2.22. The molecule has 1 unspecified atom stereocenters. The molecule has 0 fully saturated rings. The Kier molecular flexibility index (Phi) is 6.56. The molecule has 0 aliphatic rings. The van der Waals surface area contributed by atoms with Crippen molar-refractivity contribution < 1.29 is 18.3 Å². The Bertz CT molecular complexity index is 522. The molecule has 112 valence electrons. The Morgan fingerprint density at radius 2 is 2.10 bits per heavy atom. The first-order chi connectivity index (χ1) is 9.44. The molecule has 1 aromatic rings. The maximum Gasteiger partial charge on any atom is 0.307 e. The van der Waals surface area contributed by atoms with Gasteiger partial charge in [0.15, 0.2) is 0 Å². The summed E-state index contributed by atoms with van der Waals surface area (Å²) in [6.45, 7) is 2.47. The van der Waals surface area contributed by atoms with Crippen molar-refractivity contribution in [3.63, 3.8) is 0 Å². The van der Waals surface area contributed by atoms with E-state index < -0.39 is 12.4 Å². The number of oxime groups is 1. The first-order valence-electron chi connectivity index (χ1n) is 6.24. The van der Waals surface area contributed by atoms with Crippen LogP contribution in [0.3, 0.4) is 0 Å². The zero-order valence-electron chi connectivity index (χ0n) is 12.0. The van der Waals surface area contributed by atoms with Crippen LogP contribution in [0.5, 0.6) is 0 Å². The number of nitrogens with zero attached hydrogens (tertiary/aromatic N) is 1. The molecule has 0 aromatic heterocycles. The summed E-state index contributed by atoms with van der Waals surface area (Å²) in [5.74, 6) is 0.0381. The van der Waals surface area contributed by atoms with Gasteiger partial charge in [0.05, 0.1) is 11.2 Å². The van der Waals surface area contributed by atoms with E-state index >= 15 is 0 Å². The first-order valence-corrected chi connectivity index (χ1v) is 9.53. The minimum atomic E-state index is -3.02. The van der Waals surface area contributed by atoms with E-state index in [2.05, 4.69) is 9.99 Å². The van der Waals surface area contributed by atoms with Crippen LogP contribution in [0.15, 0.2) is 29.4 Å². The number of halogens is 1. The maximum absolute atomic E-state index is 13.8. The van der Waals surface area contributed by atoms with Crippen LogP contribution < -0.4 is 0 Å². The van der Waals surface area contributed by atoms with E-state index in [-0.39, 0.29) is 17.1 Å². The van der Waals surface area contributed by atoms with Gasteiger partial charge in [-0.15, -0.1) is 0 Å². The van der Waals surface area contributed by atoms with Gasteiger partial charge in [-0.1, -0.05) is 44.3 Å². The Morgan fingerprint density at radius 1 is 1.45 bits per heavy atom. The Labute approximate surface area is 122 Å². The van der Waals surface area contributed by atoms with Crippen LogP contribution >= 0.6 is 18.0 Å². The van der Waals surface area contributed by atoms with Crippen LogP contribution in [0.1, 0.15) is 26.3 Å². The smallest absolute Gasteiger partial charge is 0.307 e. The molecule has 0 N–H and O–H groups in total. The summed E-state index contributed by atoms with van der Waals surface area (Å²) in [5.41, 5.74) is -0.0757. The van der Waals surface area contributed by atoms with Crippen molar-refractivity contribution in [2.45, 2.75) is 26.4 Å². The molecule has 0 saturated carbocycles. The largest absolute Gasteiger partial charge is 0.414 e. The normalized spacial score (nSPS) is 15.0. The van der Waals surface area contributed by atoms with Gasteiger partial charge in [-0.05, 0) is 17.3 Å². The molecule has 0 heterocycles. The molecule has 0 aliphatic heterocycles. The van der Waals surface area contributed by atoms with Crippen LogP contribution in [0.2, 0.25) is 0 Å². The third-order valence-corrected chi connectivity index (χ3v) is 8.09. The predicted molar refractivity (Wildman–Crippen MR) is 81.9 cm³/mol. The van der Waals surface area contributed by atoms with Crippen LogP contribution in [0, 0.1) is 5.82 Å². The van der Waals surface area contributed by atoms with Gasteiger partial charge >= 0.3 is 6.57 Å². The predicted octanol–water partition coefficient (Wildman–Crippen LogP) is 4.50. The minimum Gasteiger partial charge on any atom is -0.414 e. The molecule has 0 radical (unpaired) electrons. The Hall–Kier alpha value is -1.00. The molecule has 0 amide bonds. The number of benzene rings is 1. The highest BCUT2D eigenvalue weighted by atomic mass is 32.7. The van der Waals surface area contributed by atoms with E-state index in [0.717, 1.165) is 0 Å². The van der Waals surface area contributed by atoms with Gasteiger partial charge in [-0.25, -0.2) is 4.39 Å². The molecule has 0 aliphatic carbocycles. The molecule has 1 atom stereocenters. The zero-order chi connectivity index (χ0) is 15.2. The van der Waals surface area contributed by atoms with Gasteiger partial charge in [-0.3, -0.25) is 4.57 Å². The third kappa shape index (κ3) is 4.25. The van der Waals surface area contributed by atoms with Crippen molar-refractivity contribution in [1.29, 1.82) is 0 Å². The molecule has 1 rings (SSSR count). The van der Waals surface area contributed by atoms with E-state index in [1.807, 2.05) is 6.92 Å². The van der Waals surface area contributed by atoms with Crippen molar-refractivity contribution in [2.75, 3.05) is 12.9 Å². The molecule has 0 bridgehead atoms. The topological polar surface area (TPSA) is 47.9 Å². The summed E-state index contributed by atoms with van der Waals surface area (Å²) in [6.07, 6.45) is 0. The molecule has 0 spiro atoms. The van der Waals surface area contributed by atoms with Gasteiger partial charge in [-0.2, -0.15) is 0 Å². The fourth-order valence-corrected chi connectivity index (χ4v) is 5.05. The molecular formula is C13H19FNO3PS. The molecule has 20 heavy (non-hydrogen) atoms. The molecule has 4 nitrogen and oxygen atoms in total. The minimum absolute atomic E-state index is 0.0939. The zero-order valence-corrected chi connectivity index (χ0v) is 13.7. The monoisotopic (exact) mass is 319 g/mol. The highest BCUT2D eigenvalue weighted by Gasteiger charge is 2.32. The van der Waals surface area contributed by atoms with E-state index in [1.165, 1.54) is 30.6 Å². The highest BCUT2D eigenvalue weighted by molar-refractivity contribution is 8.56. The van der Waals surface area contributed by atoms with Gasteiger partial charge in [0.1, 0.15) is 12.9 Å². The molecule has 0 saturated heterocycles. The lowest BCUT2D eigenvalue weighted by atomic mass is 10.2. The summed E-state index contributed by atoms with van der Waals surface area (Å²) < 4.78 is 32.1. The van der Waals surface area contributed by atoms with Gasteiger partial charge in [0.25, 0.3) is 5.90 Å². The summed E-state index contributed by atoms with van der Waals surface area (Å²) in [7, 11) is 1.33. The van der Waals surface area contributed by atoms with E-state index in [1.54, 1.807) is 26.0 Å². The molecule has 7 heteroatoms. The lowest BCUT2D eigenvalue weighted by molar-refractivity contribution is 0.206. The Balaban J connectivity index is 3.14. The quantitative estimate of drug-likeness (QED) is 0.335. The van der Waals surface area contributed by atoms with Crippen molar-refractivity contribution in [3.8, 4) is 0 Å². The second-order valence-corrected chi connectivity index (χ2v) is 9.63. The van der Waals surface area contributed by atoms with Crippen LogP contribution in [0.4, 0.5) is 4.39 Å². The van der Waals surface area contributed by atoms with Crippen LogP contribution in [-0.4, -0.2) is 24.4 Å². The van der Waals surface area contributed by atoms with Crippen molar-refractivity contribution in [2.24, 2.45) is 5.16 Å². The number of hydrogen-bond acceptors (Lipinski definition) is 5. The van der Waals surface area contributed by atoms with Crippen molar-refractivity contribution in [1.82, 2.24) is 0 Å². The fraction of sp³-hybridized carbons (Fsp3) is 0.462. The summed E-state index contributed by atoms with van der Waals surface area (Å²) >= 11 is 1.22. The van der Waals surface area contributed by atoms with Gasteiger partial charge < -0.3 is 9.36 Å². The SMILES string of the molecule is CCSP(=O)(OC(=NOC)c1ccccc1F)C(C)C. The average molecular weight is 319 g/mol. The standard InChI is InChI=1S/C13H19FNO3PS/c1-5-20-19(16,10(2)3)18-13(15-17-4)11-8-6-7-9-12(11)14/h6-10H,5H2,1-4H3. The molecular weight excluding hydrogens is 300 g/mol. The summed E-state index contributed by atoms with van der Waals surface area (Å²) in [5, 5.41) is 3.67. The first kappa shape index (κ1) is 17.1. The number of rotatable bonds is 6. The van der Waals surface area contributed by atoms with Crippen molar-refractivity contribution in [3.05, 3.63) is 35.6 Å². The highest BCUT2D eigenvalue weighted by Crippen LogP contribution is 2.63. The lowest BCUT2D eigenvalue weighted by Crippen LogP contribution is -2.11. The summed E-state index contributed by atoms with van der Waals surface area (Å²) in [4.78, 5) is 4.68. The molecule has 1 aromatic carbocycles. The van der Waals surface area contributed by atoms with Crippen molar-refractivity contribution >= 4 is 23.9 Å². The maximum atomic E-state index is 13.8. The van der Waals surface area contributed by atoms with E-state index in [9.17, 15) is 8.96 Å². The van der Waals surface area contributed by atoms with E-state index in [0.29, 0.717) is 5.75 Å².